The van der Waals surface area contributed by atoms with Crippen LogP contribution in [0.5, 0.6) is 0 Å². The molecular formula is C12H25NS. The molecule has 84 valence electrons. The van der Waals surface area contributed by atoms with Gasteiger partial charge >= 0.3 is 0 Å². The predicted octanol–water partition coefficient (Wildman–Crippen LogP) is 2.55. The van der Waals surface area contributed by atoms with E-state index in [0.29, 0.717) is 0 Å². The van der Waals surface area contributed by atoms with Crippen LogP contribution < -0.4 is 0 Å². The van der Waals surface area contributed by atoms with E-state index in [-0.39, 0.29) is 0 Å². The van der Waals surface area contributed by atoms with E-state index in [4.69, 9.17) is 0 Å². The van der Waals surface area contributed by atoms with Gasteiger partial charge < -0.3 is 4.90 Å². The molecule has 0 radical (unpaired) electrons. The minimum absolute atomic E-state index is 0.800. The zero-order chi connectivity index (χ0) is 10.6. The van der Waals surface area contributed by atoms with Crippen molar-refractivity contribution in [2.75, 3.05) is 25.6 Å². The molecule has 1 nitrogen and oxygen atoms in total. The first-order valence-electron chi connectivity index (χ1n) is 5.61. The van der Waals surface area contributed by atoms with Gasteiger partial charge in [0.1, 0.15) is 0 Å². The Balaban J connectivity index is 2.30. The molecule has 0 N–H and O–H groups in total. The second-order valence-corrected chi connectivity index (χ2v) is 8.32. The minimum Gasteiger partial charge on any atom is -0.303 e. The third-order valence-corrected chi connectivity index (χ3v) is 4.30. The van der Waals surface area contributed by atoms with E-state index in [9.17, 15) is 0 Å². The van der Waals surface area contributed by atoms with Crippen molar-refractivity contribution in [2.24, 2.45) is 0 Å². The summed E-state index contributed by atoms with van der Waals surface area (Å²) in [6, 6.07) is 0.838. The largest absolute Gasteiger partial charge is 0.303 e. The van der Waals surface area contributed by atoms with Crippen molar-refractivity contribution in [3.05, 3.63) is 0 Å². The molecule has 0 aromatic rings. The maximum Gasteiger partial charge on any atom is 0.00925 e. The average molecular weight is 215 g/mol. The topological polar surface area (TPSA) is 3.24 Å². The van der Waals surface area contributed by atoms with Crippen molar-refractivity contribution >= 4 is 20.9 Å². The fourth-order valence-electron chi connectivity index (χ4n) is 2.07. The Hall–Kier alpha value is 0.0500. The number of nitrogens with zero attached hydrogens (tertiary/aromatic N) is 1. The molecule has 0 saturated heterocycles. The van der Waals surface area contributed by atoms with Gasteiger partial charge in [-0.3, -0.25) is 0 Å². The normalized spacial score (nSPS) is 20.2. The average Bonchev–Trinajstić information content (AvgIpc) is 2.14. The van der Waals surface area contributed by atoms with E-state index in [1.807, 2.05) is 0 Å². The van der Waals surface area contributed by atoms with Gasteiger partial charge in [0.15, 0.2) is 0 Å². The standard InChI is InChI=1S/C12H25NS/c1-13(10-11-14(2,3)4)12-8-6-5-7-9-12/h12H,2-3,5-11H2,1,4H3. The molecule has 14 heavy (non-hydrogen) atoms. The summed E-state index contributed by atoms with van der Waals surface area (Å²) in [5.74, 6) is 9.45. The maximum absolute atomic E-state index is 4.13. The van der Waals surface area contributed by atoms with Crippen molar-refractivity contribution in [3.63, 3.8) is 0 Å². The van der Waals surface area contributed by atoms with Crippen LogP contribution in [0.15, 0.2) is 0 Å². The molecule has 0 heterocycles. The summed E-state index contributed by atoms with van der Waals surface area (Å²) in [5.41, 5.74) is 0. The number of rotatable bonds is 4. The lowest BCUT2D eigenvalue weighted by Crippen LogP contribution is -2.35. The second kappa shape index (κ2) is 5.22. The van der Waals surface area contributed by atoms with E-state index < -0.39 is 9.21 Å². The highest BCUT2D eigenvalue weighted by Crippen LogP contribution is 2.22. The molecule has 0 aliphatic heterocycles. The fraction of sp³-hybridized carbons (Fsp3) is 0.833. The van der Waals surface area contributed by atoms with E-state index >= 15 is 0 Å². The summed E-state index contributed by atoms with van der Waals surface area (Å²) in [6.45, 7) is 1.18. The lowest BCUT2D eigenvalue weighted by Gasteiger charge is -2.31. The molecule has 1 fully saturated rings. The lowest BCUT2D eigenvalue weighted by atomic mass is 9.94. The summed E-state index contributed by atoms with van der Waals surface area (Å²) in [6.07, 6.45) is 9.29. The molecule has 0 amide bonds. The Morgan fingerprint density at radius 3 is 2.29 bits per heavy atom. The van der Waals surface area contributed by atoms with E-state index in [2.05, 4.69) is 29.9 Å². The van der Waals surface area contributed by atoms with Crippen molar-refractivity contribution < 1.29 is 0 Å². The van der Waals surface area contributed by atoms with Crippen LogP contribution in [-0.4, -0.2) is 48.3 Å². The zero-order valence-electron chi connectivity index (χ0n) is 9.80. The summed E-state index contributed by atoms with van der Waals surface area (Å²) >= 11 is 0. The molecule has 0 aromatic carbocycles. The van der Waals surface area contributed by atoms with Gasteiger partial charge in [-0.25, -0.2) is 9.21 Å². The lowest BCUT2D eigenvalue weighted by molar-refractivity contribution is 0.202. The van der Waals surface area contributed by atoms with E-state index in [0.717, 1.165) is 6.04 Å². The van der Waals surface area contributed by atoms with Crippen LogP contribution in [0.3, 0.4) is 0 Å². The Morgan fingerprint density at radius 2 is 1.79 bits per heavy atom. The molecular weight excluding hydrogens is 190 g/mol. The first-order chi connectivity index (χ1) is 6.49. The van der Waals surface area contributed by atoms with Crippen molar-refractivity contribution in [1.82, 2.24) is 4.90 Å². The highest BCUT2D eigenvalue weighted by molar-refractivity contribution is 8.27. The molecule has 1 aliphatic rings. The van der Waals surface area contributed by atoms with Gasteiger partial charge in [0.25, 0.3) is 0 Å². The van der Waals surface area contributed by atoms with Crippen molar-refractivity contribution in [2.45, 2.75) is 38.1 Å². The van der Waals surface area contributed by atoms with Crippen LogP contribution >= 0.6 is 9.21 Å². The van der Waals surface area contributed by atoms with Gasteiger partial charge in [0.2, 0.25) is 0 Å². The zero-order valence-corrected chi connectivity index (χ0v) is 10.6. The minimum atomic E-state index is -0.800. The van der Waals surface area contributed by atoms with Crippen molar-refractivity contribution in [3.8, 4) is 0 Å². The SMILES string of the molecule is C=S(=C)(C)CCN(C)C1CCCCC1. The molecule has 0 aromatic heterocycles. The van der Waals surface area contributed by atoms with Gasteiger partial charge in [-0.15, -0.1) is 0 Å². The second-order valence-electron chi connectivity index (χ2n) is 4.95. The first kappa shape index (κ1) is 12.1. The predicted molar refractivity (Wildman–Crippen MR) is 72.1 cm³/mol. The van der Waals surface area contributed by atoms with Crippen LogP contribution in [0.25, 0.3) is 0 Å². The smallest absolute Gasteiger partial charge is 0.00925 e. The van der Waals surface area contributed by atoms with Crippen LogP contribution in [0.2, 0.25) is 0 Å². The van der Waals surface area contributed by atoms with Gasteiger partial charge in [-0.05, 0) is 31.9 Å². The van der Waals surface area contributed by atoms with Crippen LogP contribution in [0.4, 0.5) is 0 Å². The van der Waals surface area contributed by atoms with Gasteiger partial charge in [-0.2, -0.15) is 0 Å². The fourth-order valence-corrected chi connectivity index (χ4v) is 2.80. The molecule has 0 spiro atoms. The molecule has 1 rings (SSSR count). The molecule has 0 atom stereocenters. The summed E-state index contributed by atoms with van der Waals surface area (Å²) < 4.78 is 0. The summed E-state index contributed by atoms with van der Waals surface area (Å²) in [7, 11) is 1.47. The maximum atomic E-state index is 4.13. The van der Waals surface area contributed by atoms with Gasteiger partial charge in [-0.1, -0.05) is 31.0 Å². The van der Waals surface area contributed by atoms with Crippen LogP contribution in [0.1, 0.15) is 32.1 Å². The third kappa shape index (κ3) is 4.52. The third-order valence-electron chi connectivity index (χ3n) is 3.13. The summed E-state index contributed by atoms with van der Waals surface area (Å²) in [4.78, 5) is 2.53. The number of hydrogen-bond donors (Lipinski definition) is 0. The number of hydrogen-bond acceptors (Lipinski definition) is 1. The molecule has 2 heteroatoms. The highest BCUT2D eigenvalue weighted by atomic mass is 32.2. The first-order valence-corrected chi connectivity index (χ1v) is 8.16. The van der Waals surface area contributed by atoms with Crippen molar-refractivity contribution in [1.29, 1.82) is 0 Å². The molecule has 0 unspecified atom stereocenters. The van der Waals surface area contributed by atoms with Crippen LogP contribution in [-0.2, 0) is 0 Å². The van der Waals surface area contributed by atoms with E-state index in [1.165, 1.54) is 44.4 Å². The van der Waals surface area contributed by atoms with Crippen LogP contribution in [0, 0.1) is 0 Å². The van der Waals surface area contributed by atoms with Gasteiger partial charge in [0.05, 0.1) is 0 Å². The molecule has 1 saturated carbocycles. The Kier molecular flexibility index (Phi) is 4.52. The van der Waals surface area contributed by atoms with E-state index in [1.54, 1.807) is 0 Å². The Labute approximate surface area is 90.0 Å². The Morgan fingerprint density at radius 1 is 1.21 bits per heavy atom. The summed E-state index contributed by atoms with van der Waals surface area (Å²) in [5, 5.41) is 0. The highest BCUT2D eigenvalue weighted by Gasteiger charge is 2.17. The monoisotopic (exact) mass is 215 g/mol. The molecule has 0 bridgehead atoms. The van der Waals surface area contributed by atoms with Gasteiger partial charge in [0, 0.05) is 12.6 Å². The quantitative estimate of drug-likeness (QED) is 0.652. The molecule has 1 aliphatic carbocycles. The Bertz CT molecular complexity index is 247.